The Balaban J connectivity index is 1.21. The highest BCUT2D eigenvalue weighted by Crippen LogP contribution is 2.49. The van der Waals surface area contributed by atoms with E-state index in [1.165, 1.54) is 23.5 Å². The molecule has 36 heavy (non-hydrogen) atoms. The van der Waals surface area contributed by atoms with Crippen molar-refractivity contribution in [2.24, 2.45) is 5.92 Å². The number of halogens is 1. The number of carbonyl (C=O) groups is 2. The summed E-state index contributed by atoms with van der Waals surface area (Å²) in [4.78, 5) is 33.6. The number of hydrogen-bond donors (Lipinski definition) is 2. The van der Waals surface area contributed by atoms with Gasteiger partial charge in [-0.1, -0.05) is 35.6 Å². The van der Waals surface area contributed by atoms with Crippen molar-refractivity contribution in [3.05, 3.63) is 65.1 Å². The van der Waals surface area contributed by atoms with Gasteiger partial charge in [-0.3, -0.25) is 9.59 Å². The van der Waals surface area contributed by atoms with E-state index in [-0.39, 0.29) is 46.1 Å². The van der Waals surface area contributed by atoms with Gasteiger partial charge in [0.2, 0.25) is 0 Å². The lowest BCUT2D eigenvalue weighted by atomic mass is 10.0. The molecule has 0 radical (unpaired) electrons. The Morgan fingerprint density at radius 2 is 2.06 bits per heavy atom. The fraction of sp³-hybridized carbons (Fsp3) is 0.370. The quantitative estimate of drug-likeness (QED) is 0.539. The zero-order valence-corrected chi connectivity index (χ0v) is 20.9. The van der Waals surface area contributed by atoms with Crippen LogP contribution in [0, 0.1) is 11.7 Å². The number of para-hydroxylation sites is 1. The Hall–Kier alpha value is -3.46. The molecule has 0 spiro atoms. The van der Waals surface area contributed by atoms with Gasteiger partial charge in [-0.15, -0.1) is 0 Å². The molecule has 1 aliphatic carbocycles. The monoisotopic (exact) mass is 506 g/mol. The number of nitrogens with zero attached hydrogens (tertiary/aromatic N) is 2. The summed E-state index contributed by atoms with van der Waals surface area (Å²) < 4.78 is 19.9. The molecule has 0 bridgehead atoms. The molecule has 2 aliphatic heterocycles. The van der Waals surface area contributed by atoms with Crippen LogP contribution in [-0.4, -0.2) is 45.9 Å². The third-order valence-corrected chi connectivity index (χ3v) is 8.15. The van der Waals surface area contributed by atoms with E-state index in [1.54, 1.807) is 18.2 Å². The van der Waals surface area contributed by atoms with Gasteiger partial charge in [0.25, 0.3) is 11.8 Å². The van der Waals surface area contributed by atoms with Crippen LogP contribution >= 0.6 is 11.3 Å². The number of nitrogen functional groups attached to an aromatic ring is 1. The third kappa shape index (κ3) is 4.01. The lowest BCUT2D eigenvalue weighted by Gasteiger charge is -2.28. The second-order valence-electron chi connectivity index (χ2n) is 10.4. The smallest absolute Gasteiger partial charge is 0.274 e. The largest absolute Gasteiger partial charge is 0.486 e. The van der Waals surface area contributed by atoms with Gasteiger partial charge in [-0.2, -0.15) is 0 Å². The molecule has 7 nitrogen and oxygen atoms in total. The molecule has 2 fully saturated rings. The van der Waals surface area contributed by atoms with Crippen molar-refractivity contribution in [2.75, 3.05) is 12.3 Å². The average molecular weight is 507 g/mol. The predicted octanol–water partition coefficient (Wildman–Crippen LogP) is 4.28. The molecule has 3 aliphatic rings. The average Bonchev–Trinajstić information content (AvgIpc) is 3.16. The first-order valence-electron chi connectivity index (χ1n) is 12.1. The molecule has 3 aromatic rings. The first-order valence-corrected chi connectivity index (χ1v) is 13.0. The number of fused-ring (bicyclic) bond motifs is 2. The maximum absolute atomic E-state index is 13.9. The van der Waals surface area contributed by atoms with Crippen LogP contribution in [0.3, 0.4) is 0 Å². The van der Waals surface area contributed by atoms with Crippen LogP contribution in [0.1, 0.15) is 53.1 Å². The van der Waals surface area contributed by atoms with E-state index in [2.05, 4.69) is 10.3 Å². The molecule has 3 atom stereocenters. The van der Waals surface area contributed by atoms with Crippen molar-refractivity contribution >= 4 is 28.3 Å². The van der Waals surface area contributed by atoms with Gasteiger partial charge in [-0.05, 0) is 61.9 Å². The Kier molecular flexibility index (Phi) is 5.29. The van der Waals surface area contributed by atoms with Crippen molar-refractivity contribution in [3.63, 3.8) is 0 Å². The fourth-order valence-corrected chi connectivity index (χ4v) is 6.41. The van der Waals surface area contributed by atoms with Crippen molar-refractivity contribution in [1.82, 2.24) is 15.2 Å². The standard InChI is InChI=1S/C27H27FN4O3S/c1-27(2)12-15-6-4-8-19(22(15)35-27)24(33)30-13-18-10-16-11-20(16)32(18)25(34)21-23(36-26(29)31-21)14-5-3-7-17(28)9-14/h3-9,16,18,20H,10-13H2,1-2H3,(H2,29,31)(H,30,33)/t16?,18?,20-/m0/s1. The second kappa shape index (κ2) is 8.30. The van der Waals surface area contributed by atoms with Gasteiger partial charge in [0, 0.05) is 19.0 Å². The Bertz CT molecular complexity index is 1390. The highest BCUT2D eigenvalue weighted by molar-refractivity contribution is 7.19. The summed E-state index contributed by atoms with van der Waals surface area (Å²) in [7, 11) is 0. The molecule has 1 saturated carbocycles. The number of nitrogens with one attached hydrogen (secondary N) is 1. The summed E-state index contributed by atoms with van der Waals surface area (Å²) in [6.45, 7) is 4.35. The minimum atomic E-state index is -0.387. The molecule has 2 unspecified atom stereocenters. The normalized spacial score (nSPS) is 23.1. The van der Waals surface area contributed by atoms with E-state index in [1.807, 2.05) is 30.9 Å². The molecular formula is C27H27FN4O3S. The number of thiazole rings is 1. The maximum atomic E-state index is 13.9. The SMILES string of the molecule is CC1(C)Cc2cccc(C(=O)NCC3CC4C[C@@H]4N3C(=O)c3nc(N)sc3-c3cccc(F)c3)c2O1. The van der Waals surface area contributed by atoms with Gasteiger partial charge >= 0.3 is 0 Å². The molecule has 9 heteroatoms. The number of carbonyl (C=O) groups excluding carboxylic acids is 2. The van der Waals surface area contributed by atoms with E-state index in [4.69, 9.17) is 10.5 Å². The van der Waals surface area contributed by atoms with Gasteiger partial charge in [0.1, 0.15) is 22.9 Å². The topological polar surface area (TPSA) is 97.6 Å². The van der Waals surface area contributed by atoms with Crippen LogP contribution in [0.5, 0.6) is 5.75 Å². The molecule has 2 amide bonds. The van der Waals surface area contributed by atoms with E-state index in [0.29, 0.717) is 34.2 Å². The first-order chi connectivity index (χ1) is 17.2. The van der Waals surface area contributed by atoms with Crippen LogP contribution in [0.2, 0.25) is 0 Å². The van der Waals surface area contributed by atoms with Crippen LogP contribution in [0.25, 0.3) is 10.4 Å². The molecule has 2 aromatic carbocycles. The lowest BCUT2D eigenvalue weighted by Crippen LogP contribution is -2.45. The highest BCUT2D eigenvalue weighted by Gasteiger charge is 2.54. The zero-order chi connectivity index (χ0) is 25.2. The number of nitrogens with two attached hydrogens (primary N) is 1. The Morgan fingerprint density at radius 1 is 1.25 bits per heavy atom. The van der Waals surface area contributed by atoms with Crippen LogP contribution in [0.4, 0.5) is 9.52 Å². The number of hydrogen-bond acceptors (Lipinski definition) is 6. The zero-order valence-electron chi connectivity index (χ0n) is 20.1. The van der Waals surface area contributed by atoms with Crippen molar-refractivity contribution in [2.45, 2.75) is 50.8 Å². The Morgan fingerprint density at radius 3 is 2.86 bits per heavy atom. The van der Waals surface area contributed by atoms with Crippen LogP contribution in [-0.2, 0) is 6.42 Å². The molecule has 3 heterocycles. The van der Waals surface area contributed by atoms with Gasteiger partial charge in [-0.25, -0.2) is 9.37 Å². The molecular weight excluding hydrogens is 479 g/mol. The molecule has 1 aromatic heterocycles. The van der Waals surface area contributed by atoms with E-state index < -0.39 is 0 Å². The summed E-state index contributed by atoms with van der Waals surface area (Å²) in [5.74, 6) is 0.240. The van der Waals surface area contributed by atoms with E-state index >= 15 is 0 Å². The number of rotatable bonds is 5. The lowest BCUT2D eigenvalue weighted by molar-refractivity contribution is 0.0683. The van der Waals surface area contributed by atoms with Crippen molar-refractivity contribution < 1.29 is 18.7 Å². The second-order valence-corrected chi connectivity index (χ2v) is 11.5. The number of piperidine rings is 1. The van der Waals surface area contributed by atoms with Gasteiger partial charge in [0.15, 0.2) is 5.13 Å². The minimum Gasteiger partial charge on any atom is -0.486 e. The van der Waals surface area contributed by atoms with E-state index in [0.717, 1.165) is 24.8 Å². The number of aromatic nitrogens is 1. The van der Waals surface area contributed by atoms with Gasteiger partial charge in [0.05, 0.1) is 16.5 Å². The fourth-order valence-electron chi connectivity index (χ4n) is 5.59. The van der Waals surface area contributed by atoms with Crippen LogP contribution in [0.15, 0.2) is 42.5 Å². The molecule has 3 N–H and O–H groups in total. The number of ether oxygens (including phenoxy) is 1. The maximum Gasteiger partial charge on any atom is 0.274 e. The first kappa shape index (κ1) is 23.0. The molecule has 6 rings (SSSR count). The number of anilines is 1. The van der Waals surface area contributed by atoms with E-state index in [9.17, 15) is 14.0 Å². The minimum absolute atomic E-state index is 0.132. The number of likely N-dealkylation sites (tertiary alicyclic amines) is 1. The number of amides is 2. The number of benzene rings is 2. The van der Waals surface area contributed by atoms with Gasteiger partial charge < -0.3 is 20.7 Å². The highest BCUT2D eigenvalue weighted by atomic mass is 32.1. The van der Waals surface area contributed by atoms with Crippen LogP contribution < -0.4 is 15.8 Å². The summed E-state index contributed by atoms with van der Waals surface area (Å²) >= 11 is 1.17. The predicted molar refractivity (Wildman–Crippen MR) is 136 cm³/mol. The third-order valence-electron chi connectivity index (χ3n) is 7.21. The summed E-state index contributed by atoms with van der Waals surface area (Å²) in [6, 6.07) is 11.7. The summed E-state index contributed by atoms with van der Waals surface area (Å²) in [5.41, 5.74) is 7.98. The Labute approximate surface area is 212 Å². The summed E-state index contributed by atoms with van der Waals surface area (Å²) in [6.07, 6.45) is 2.52. The molecule has 1 saturated heterocycles. The molecule has 186 valence electrons. The summed E-state index contributed by atoms with van der Waals surface area (Å²) in [5, 5.41) is 3.29. The van der Waals surface area contributed by atoms with Crippen molar-refractivity contribution in [1.29, 1.82) is 0 Å². The van der Waals surface area contributed by atoms with Crippen molar-refractivity contribution in [3.8, 4) is 16.2 Å².